The third-order valence-electron chi connectivity index (χ3n) is 3.14. The van der Waals surface area contributed by atoms with Gasteiger partial charge in [-0.05, 0) is 24.1 Å². The first kappa shape index (κ1) is 20.1. The molecule has 0 aliphatic rings. The summed E-state index contributed by atoms with van der Waals surface area (Å²) in [6.45, 7) is 4.43. The van der Waals surface area contributed by atoms with E-state index in [0.717, 1.165) is 11.8 Å². The Bertz CT molecular complexity index is 781. The first-order valence-corrected chi connectivity index (χ1v) is 9.22. The van der Waals surface area contributed by atoms with Crippen molar-refractivity contribution < 1.29 is 14.3 Å². The molecule has 0 saturated carbocycles. The highest BCUT2D eigenvalue weighted by molar-refractivity contribution is 7.99. The van der Waals surface area contributed by atoms with Crippen LogP contribution in [0.2, 0.25) is 5.02 Å². The van der Waals surface area contributed by atoms with Crippen LogP contribution >= 0.6 is 23.4 Å². The minimum absolute atomic E-state index is 0.0130. The number of urea groups is 1. The Morgan fingerprint density at radius 2 is 2.15 bits per heavy atom. The number of H-pyrrole nitrogens is 1. The second kappa shape index (κ2) is 9.44. The fraction of sp³-hybridized carbons (Fsp3) is 0.375. The van der Waals surface area contributed by atoms with Gasteiger partial charge in [0.15, 0.2) is 5.82 Å². The molecule has 0 saturated heterocycles. The number of amides is 3. The Morgan fingerprint density at radius 1 is 1.38 bits per heavy atom. The standard InChI is InChI=1S/C16H20ClN5O3S/c1-9(2)7-18-15(24)19-13(23)8-26-16-20-14(21-22-16)11-6-10(17)4-5-12(11)25-3/h4-6,9H,7-8H2,1-3H3,(H,20,21,22)(H2,18,19,23,24). The Morgan fingerprint density at radius 3 is 2.85 bits per heavy atom. The highest BCUT2D eigenvalue weighted by atomic mass is 35.5. The molecular weight excluding hydrogens is 378 g/mol. The van der Waals surface area contributed by atoms with E-state index >= 15 is 0 Å². The molecule has 0 atom stereocenters. The quantitative estimate of drug-likeness (QED) is 0.620. The number of carbonyl (C=O) groups excluding carboxylic acids is 2. The molecule has 0 aliphatic heterocycles. The summed E-state index contributed by atoms with van der Waals surface area (Å²) in [5.41, 5.74) is 0.664. The summed E-state index contributed by atoms with van der Waals surface area (Å²) in [5.74, 6) is 0.964. The number of benzene rings is 1. The minimum Gasteiger partial charge on any atom is -0.496 e. The largest absolute Gasteiger partial charge is 0.496 e. The molecule has 26 heavy (non-hydrogen) atoms. The predicted molar refractivity (Wildman–Crippen MR) is 100 cm³/mol. The van der Waals surface area contributed by atoms with Crippen LogP contribution in [0.5, 0.6) is 5.75 Å². The van der Waals surface area contributed by atoms with Crippen molar-refractivity contribution in [3.63, 3.8) is 0 Å². The van der Waals surface area contributed by atoms with Crippen molar-refractivity contribution in [3.8, 4) is 17.1 Å². The summed E-state index contributed by atoms with van der Waals surface area (Å²) >= 11 is 7.12. The molecule has 140 valence electrons. The third kappa shape index (κ3) is 5.92. The molecule has 1 heterocycles. The lowest BCUT2D eigenvalue weighted by Crippen LogP contribution is -2.41. The molecule has 1 aromatic carbocycles. The predicted octanol–water partition coefficient (Wildman–Crippen LogP) is 2.71. The normalized spacial score (nSPS) is 10.7. The van der Waals surface area contributed by atoms with Crippen LogP contribution in [-0.2, 0) is 4.79 Å². The molecule has 2 rings (SSSR count). The van der Waals surface area contributed by atoms with Crippen LogP contribution < -0.4 is 15.4 Å². The molecule has 0 unspecified atom stereocenters. The highest BCUT2D eigenvalue weighted by Crippen LogP contribution is 2.31. The lowest BCUT2D eigenvalue weighted by molar-refractivity contribution is -0.117. The van der Waals surface area contributed by atoms with Crippen LogP contribution in [-0.4, -0.2) is 46.5 Å². The van der Waals surface area contributed by atoms with E-state index in [-0.39, 0.29) is 5.75 Å². The number of thioether (sulfide) groups is 1. The third-order valence-corrected chi connectivity index (χ3v) is 4.22. The number of nitrogens with one attached hydrogen (secondary N) is 3. The van der Waals surface area contributed by atoms with Gasteiger partial charge in [-0.2, -0.15) is 0 Å². The molecule has 1 aromatic heterocycles. The second-order valence-electron chi connectivity index (χ2n) is 5.75. The molecule has 2 aromatic rings. The van der Waals surface area contributed by atoms with E-state index in [4.69, 9.17) is 16.3 Å². The lowest BCUT2D eigenvalue weighted by Gasteiger charge is -2.07. The molecule has 0 aliphatic carbocycles. The number of aromatic nitrogens is 3. The molecule has 0 fully saturated rings. The molecule has 10 heteroatoms. The van der Waals surface area contributed by atoms with Gasteiger partial charge in [-0.15, -0.1) is 5.10 Å². The number of ether oxygens (including phenoxy) is 1. The van der Waals surface area contributed by atoms with Gasteiger partial charge in [-0.3, -0.25) is 15.2 Å². The highest BCUT2D eigenvalue weighted by Gasteiger charge is 2.14. The van der Waals surface area contributed by atoms with Gasteiger partial charge in [0.1, 0.15) is 5.75 Å². The summed E-state index contributed by atoms with van der Waals surface area (Å²) < 4.78 is 5.28. The fourth-order valence-corrected chi connectivity index (χ4v) is 2.70. The van der Waals surface area contributed by atoms with Gasteiger partial charge in [-0.25, -0.2) is 9.78 Å². The summed E-state index contributed by atoms with van der Waals surface area (Å²) in [5, 5.41) is 12.6. The zero-order valence-electron chi connectivity index (χ0n) is 14.6. The zero-order chi connectivity index (χ0) is 19.1. The summed E-state index contributed by atoms with van der Waals surface area (Å²) in [6, 6.07) is 4.64. The monoisotopic (exact) mass is 397 g/mol. The average molecular weight is 398 g/mol. The van der Waals surface area contributed by atoms with E-state index in [9.17, 15) is 9.59 Å². The van der Waals surface area contributed by atoms with Crippen molar-refractivity contribution in [2.45, 2.75) is 19.0 Å². The zero-order valence-corrected chi connectivity index (χ0v) is 16.2. The van der Waals surface area contributed by atoms with Crippen LogP contribution in [0.15, 0.2) is 23.4 Å². The van der Waals surface area contributed by atoms with Gasteiger partial charge < -0.3 is 10.1 Å². The number of hydrogen-bond donors (Lipinski definition) is 3. The minimum atomic E-state index is -0.511. The van der Waals surface area contributed by atoms with Gasteiger partial charge in [0.2, 0.25) is 11.1 Å². The van der Waals surface area contributed by atoms with E-state index < -0.39 is 11.9 Å². The maximum Gasteiger partial charge on any atom is 0.321 e. The van der Waals surface area contributed by atoms with E-state index in [1.807, 2.05) is 13.8 Å². The molecule has 8 nitrogen and oxygen atoms in total. The van der Waals surface area contributed by atoms with Crippen LogP contribution in [0.4, 0.5) is 4.79 Å². The number of nitrogens with zero attached hydrogens (tertiary/aromatic N) is 2. The first-order chi connectivity index (χ1) is 12.4. The Kier molecular flexibility index (Phi) is 7.28. The van der Waals surface area contributed by atoms with Gasteiger partial charge in [0.25, 0.3) is 0 Å². The Hall–Kier alpha value is -2.26. The molecule has 0 bridgehead atoms. The number of aromatic amines is 1. The second-order valence-corrected chi connectivity index (χ2v) is 7.13. The number of methoxy groups -OCH3 is 1. The van der Waals surface area contributed by atoms with Crippen molar-refractivity contribution in [2.75, 3.05) is 19.4 Å². The smallest absolute Gasteiger partial charge is 0.321 e. The molecule has 3 N–H and O–H groups in total. The topological polar surface area (TPSA) is 109 Å². The van der Waals surface area contributed by atoms with Crippen molar-refractivity contribution in [3.05, 3.63) is 23.2 Å². The number of imide groups is 1. The SMILES string of the molecule is COc1ccc(Cl)cc1-c1nc(SCC(=O)NC(=O)NCC(C)C)n[nH]1. The number of rotatable bonds is 7. The van der Waals surface area contributed by atoms with Gasteiger partial charge in [-0.1, -0.05) is 37.2 Å². The first-order valence-electron chi connectivity index (χ1n) is 7.85. The number of carbonyl (C=O) groups is 2. The van der Waals surface area contributed by atoms with Gasteiger partial charge in [0, 0.05) is 11.6 Å². The van der Waals surface area contributed by atoms with Gasteiger partial charge in [0.05, 0.1) is 18.4 Å². The Labute approximate surface area is 160 Å². The van der Waals surface area contributed by atoms with Crippen LogP contribution in [0.1, 0.15) is 13.8 Å². The number of hydrogen-bond acceptors (Lipinski definition) is 6. The van der Waals surface area contributed by atoms with Crippen molar-refractivity contribution >= 4 is 35.3 Å². The van der Waals surface area contributed by atoms with Gasteiger partial charge >= 0.3 is 6.03 Å². The Balaban J connectivity index is 1.92. The van der Waals surface area contributed by atoms with Crippen molar-refractivity contribution in [1.29, 1.82) is 0 Å². The fourth-order valence-electron chi connectivity index (χ4n) is 1.93. The number of halogens is 1. The maximum atomic E-state index is 11.8. The molecular formula is C16H20ClN5O3S. The maximum absolute atomic E-state index is 11.8. The van der Waals surface area contributed by atoms with E-state index in [2.05, 4.69) is 25.8 Å². The molecule has 3 amide bonds. The molecule has 0 spiro atoms. The van der Waals surface area contributed by atoms with E-state index in [0.29, 0.717) is 39.8 Å². The summed E-state index contributed by atoms with van der Waals surface area (Å²) in [4.78, 5) is 27.7. The summed E-state index contributed by atoms with van der Waals surface area (Å²) in [7, 11) is 1.55. The van der Waals surface area contributed by atoms with Crippen LogP contribution in [0.25, 0.3) is 11.4 Å². The van der Waals surface area contributed by atoms with Crippen molar-refractivity contribution in [1.82, 2.24) is 25.8 Å². The van der Waals surface area contributed by atoms with Crippen LogP contribution in [0, 0.1) is 5.92 Å². The molecule has 0 radical (unpaired) electrons. The van der Waals surface area contributed by atoms with E-state index in [1.165, 1.54) is 0 Å². The van der Waals surface area contributed by atoms with E-state index in [1.54, 1.807) is 25.3 Å². The lowest BCUT2D eigenvalue weighted by atomic mass is 10.2. The van der Waals surface area contributed by atoms with Crippen molar-refractivity contribution in [2.24, 2.45) is 5.92 Å². The van der Waals surface area contributed by atoms with Crippen LogP contribution in [0.3, 0.4) is 0 Å². The average Bonchev–Trinajstić information content (AvgIpc) is 3.07. The summed E-state index contributed by atoms with van der Waals surface area (Å²) in [6.07, 6.45) is 0.